The number of hydrogen-bond acceptors (Lipinski definition) is 4. The highest BCUT2D eigenvalue weighted by Crippen LogP contribution is 2.21. The molecule has 0 aliphatic carbocycles. The number of hydrogen-bond donors (Lipinski definition) is 1. The standard InChI is InChI=1S/C14H15N5O/c1-19-13(9-20-2)16-14(18-19)11-5-3-10(4-6-11)12-7-8-15-17-12/h3-8H,9H2,1-2H3,(H,15,17). The normalized spacial score (nSPS) is 10.9. The summed E-state index contributed by atoms with van der Waals surface area (Å²) in [6.45, 7) is 0.454. The molecule has 0 aliphatic rings. The smallest absolute Gasteiger partial charge is 0.181 e. The molecular weight excluding hydrogens is 254 g/mol. The number of aromatic amines is 1. The van der Waals surface area contributed by atoms with Crippen molar-refractivity contribution in [3.05, 3.63) is 42.4 Å². The maximum absolute atomic E-state index is 5.09. The maximum atomic E-state index is 5.09. The van der Waals surface area contributed by atoms with E-state index in [1.165, 1.54) is 0 Å². The first-order chi connectivity index (χ1) is 9.78. The first-order valence-electron chi connectivity index (χ1n) is 6.27. The minimum atomic E-state index is 0.454. The van der Waals surface area contributed by atoms with E-state index < -0.39 is 0 Å². The largest absolute Gasteiger partial charge is 0.377 e. The van der Waals surface area contributed by atoms with Gasteiger partial charge in [0, 0.05) is 25.9 Å². The summed E-state index contributed by atoms with van der Waals surface area (Å²) < 4.78 is 6.83. The van der Waals surface area contributed by atoms with Gasteiger partial charge in [-0.1, -0.05) is 24.3 Å². The molecule has 1 N–H and O–H groups in total. The Labute approximate surface area is 116 Å². The summed E-state index contributed by atoms with van der Waals surface area (Å²) in [6.07, 6.45) is 1.74. The molecule has 0 saturated heterocycles. The average Bonchev–Trinajstić information content (AvgIpc) is 3.10. The third-order valence-corrected chi connectivity index (χ3v) is 3.08. The Morgan fingerprint density at radius 1 is 1.15 bits per heavy atom. The fourth-order valence-electron chi connectivity index (χ4n) is 2.01. The van der Waals surface area contributed by atoms with Crippen molar-refractivity contribution in [3.63, 3.8) is 0 Å². The molecule has 6 nitrogen and oxygen atoms in total. The van der Waals surface area contributed by atoms with Gasteiger partial charge in [-0.3, -0.25) is 9.78 Å². The number of nitrogens with zero attached hydrogens (tertiary/aromatic N) is 4. The summed E-state index contributed by atoms with van der Waals surface area (Å²) in [6, 6.07) is 9.99. The highest BCUT2D eigenvalue weighted by atomic mass is 16.5. The SMILES string of the molecule is COCc1nc(-c2ccc(-c3ccn[nH]3)cc2)nn1C. The van der Waals surface area contributed by atoms with Gasteiger partial charge in [-0.05, 0) is 11.6 Å². The van der Waals surface area contributed by atoms with Crippen LogP contribution in [0.3, 0.4) is 0 Å². The summed E-state index contributed by atoms with van der Waals surface area (Å²) >= 11 is 0. The third-order valence-electron chi connectivity index (χ3n) is 3.08. The predicted molar refractivity (Wildman–Crippen MR) is 74.7 cm³/mol. The Hall–Kier alpha value is -2.47. The second-order valence-corrected chi connectivity index (χ2v) is 4.46. The number of aryl methyl sites for hydroxylation is 1. The maximum Gasteiger partial charge on any atom is 0.181 e. The Morgan fingerprint density at radius 3 is 2.55 bits per heavy atom. The predicted octanol–water partition coefficient (Wildman–Crippen LogP) is 2.02. The molecule has 0 fully saturated rings. The lowest BCUT2D eigenvalue weighted by Gasteiger charge is -1.99. The van der Waals surface area contributed by atoms with Crippen molar-refractivity contribution in [2.45, 2.75) is 6.61 Å². The first kappa shape index (κ1) is 12.6. The highest BCUT2D eigenvalue weighted by molar-refractivity contribution is 5.64. The molecule has 3 aromatic rings. The van der Waals surface area contributed by atoms with E-state index in [0.29, 0.717) is 12.4 Å². The van der Waals surface area contributed by atoms with Crippen molar-refractivity contribution < 1.29 is 4.74 Å². The van der Waals surface area contributed by atoms with Crippen LogP contribution in [0.5, 0.6) is 0 Å². The lowest BCUT2D eigenvalue weighted by atomic mass is 10.1. The minimum absolute atomic E-state index is 0.454. The zero-order chi connectivity index (χ0) is 13.9. The number of nitrogens with one attached hydrogen (secondary N) is 1. The van der Waals surface area contributed by atoms with Crippen molar-refractivity contribution in [3.8, 4) is 22.6 Å². The summed E-state index contributed by atoms with van der Waals surface area (Å²) in [7, 11) is 3.51. The average molecular weight is 269 g/mol. The molecule has 1 aromatic carbocycles. The van der Waals surface area contributed by atoms with E-state index in [1.807, 2.05) is 37.4 Å². The van der Waals surface area contributed by atoms with E-state index in [-0.39, 0.29) is 0 Å². The highest BCUT2D eigenvalue weighted by Gasteiger charge is 2.09. The van der Waals surface area contributed by atoms with Gasteiger partial charge >= 0.3 is 0 Å². The molecule has 0 unspecified atom stereocenters. The van der Waals surface area contributed by atoms with Gasteiger partial charge in [0.1, 0.15) is 6.61 Å². The van der Waals surface area contributed by atoms with Crippen molar-refractivity contribution in [1.82, 2.24) is 25.0 Å². The van der Waals surface area contributed by atoms with Crippen LogP contribution in [0, 0.1) is 0 Å². The van der Waals surface area contributed by atoms with Crippen LogP contribution in [0.2, 0.25) is 0 Å². The van der Waals surface area contributed by atoms with Gasteiger partial charge < -0.3 is 4.74 Å². The Morgan fingerprint density at radius 2 is 1.90 bits per heavy atom. The molecule has 6 heteroatoms. The Balaban J connectivity index is 1.89. The van der Waals surface area contributed by atoms with Crippen LogP contribution < -0.4 is 0 Å². The second kappa shape index (κ2) is 5.26. The summed E-state index contributed by atoms with van der Waals surface area (Å²) in [5, 5.41) is 11.3. The van der Waals surface area contributed by atoms with Crippen LogP contribution in [-0.2, 0) is 18.4 Å². The lowest BCUT2D eigenvalue weighted by molar-refractivity contribution is 0.174. The molecule has 2 aromatic heterocycles. The van der Waals surface area contributed by atoms with Crippen molar-refractivity contribution in [2.24, 2.45) is 7.05 Å². The van der Waals surface area contributed by atoms with Gasteiger partial charge in [0.25, 0.3) is 0 Å². The van der Waals surface area contributed by atoms with Crippen LogP contribution in [0.4, 0.5) is 0 Å². The summed E-state index contributed by atoms with van der Waals surface area (Å²) in [5.74, 6) is 1.51. The van der Waals surface area contributed by atoms with Crippen LogP contribution >= 0.6 is 0 Å². The number of benzene rings is 1. The van der Waals surface area contributed by atoms with Crippen LogP contribution in [0.1, 0.15) is 5.82 Å². The summed E-state index contributed by atoms with van der Waals surface area (Å²) in [5.41, 5.74) is 3.05. The molecule has 0 amide bonds. The van der Waals surface area contributed by atoms with Gasteiger partial charge in [-0.15, -0.1) is 0 Å². The van der Waals surface area contributed by atoms with E-state index in [9.17, 15) is 0 Å². The summed E-state index contributed by atoms with van der Waals surface area (Å²) in [4.78, 5) is 4.47. The Kier molecular flexibility index (Phi) is 3.30. The fraction of sp³-hybridized carbons (Fsp3) is 0.214. The molecule has 3 rings (SSSR count). The molecule has 102 valence electrons. The van der Waals surface area contributed by atoms with E-state index >= 15 is 0 Å². The molecule has 2 heterocycles. The molecular formula is C14H15N5O. The monoisotopic (exact) mass is 269 g/mol. The molecule has 0 bridgehead atoms. The molecule has 20 heavy (non-hydrogen) atoms. The van der Waals surface area contributed by atoms with Gasteiger partial charge in [0.2, 0.25) is 0 Å². The molecule has 0 aliphatic heterocycles. The van der Waals surface area contributed by atoms with Crippen molar-refractivity contribution in [2.75, 3.05) is 7.11 Å². The zero-order valence-electron chi connectivity index (χ0n) is 11.4. The zero-order valence-corrected chi connectivity index (χ0v) is 11.4. The van der Waals surface area contributed by atoms with E-state index in [2.05, 4.69) is 20.3 Å². The molecule has 0 saturated carbocycles. The minimum Gasteiger partial charge on any atom is -0.377 e. The number of aromatic nitrogens is 5. The number of ether oxygens (including phenoxy) is 1. The van der Waals surface area contributed by atoms with Crippen LogP contribution in [0.15, 0.2) is 36.5 Å². The lowest BCUT2D eigenvalue weighted by Crippen LogP contribution is -2.00. The van der Waals surface area contributed by atoms with Gasteiger partial charge in [-0.25, -0.2) is 4.98 Å². The second-order valence-electron chi connectivity index (χ2n) is 4.46. The molecule has 0 radical (unpaired) electrons. The van der Waals surface area contributed by atoms with Gasteiger partial charge in [-0.2, -0.15) is 10.2 Å². The quantitative estimate of drug-likeness (QED) is 0.786. The first-order valence-corrected chi connectivity index (χ1v) is 6.27. The van der Waals surface area contributed by atoms with Crippen LogP contribution in [-0.4, -0.2) is 32.1 Å². The molecule has 0 atom stereocenters. The molecule has 0 spiro atoms. The third kappa shape index (κ3) is 2.33. The van der Waals surface area contributed by atoms with Crippen LogP contribution in [0.25, 0.3) is 22.6 Å². The van der Waals surface area contributed by atoms with Crippen molar-refractivity contribution in [1.29, 1.82) is 0 Å². The Bertz CT molecular complexity index is 685. The fourth-order valence-corrected chi connectivity index (χ4v) is 2.01. The van der Waals surface area contributed by atoms with Gasteiger partial charge in [0.05, 0.1) is 5.69 Å². The number of methoxy groups -OCH3 is 1. The van der Waals surface area contributed by atoms with E-state index in [0.717, 1.165) is 22.6 Å². The number of rotatable bonds is 4. The van der Waals surface area contributed by atoms with E-state index in [4.69, 9.17) is 4.74 Å². The van der Waals surface area contributed by atoms with Crippen molar-refractivity contribution >= 4 is 0 Å². The number of H-pyrrole nitrogens is 1. The van der Waals surface area contributed by atoms with Gasteiger partial charge in [0.15, 0.2) is 11.6 Å². The topological polar surface area (TPSA) is 68.6 Å². The van der Waals surface area contributed by atoms with E-state index in [1.54, 1.807) is 18.0 Å².